The second-order valence-electron chi connectivity index (χ2n) is 5.90. The van der Waals surface area contributed by atoms with E-state index >= 15 is 0 Å². The van der Waals surface area contributed by atoms with Crippen molar-refractivity contribution in [2.24, 2.45) is 5.92 Å². The van der Waals surface area contributed by atoms with Gasteiger partial charge in [0.15, 0.2) is 0 Å². The standard InChI is InChI=1S/C18H17Cl2NO2/c19-13-6-7-14(17(20)8-13)15-10-21(11-16(15)18(22)23)9-12-4-2-1-3-5-12/h1-8,15-16H,9-11H2,(H,22,23)/t15-,16-/m1/s1. The number of likely N-dealkylation sites (tertiary alicyclic amines) is 1. The molecule has 1 aliphatic rings. The van der Waals surface area contributed by atoms with Gasteiger partial charge in [-0.3, -0.25) is 9.69 Å². The van der Waals surface area contributed by atoms with Crippen LogP contribution in [0.1, 0.15) is 17.0 Å². The summed E-state index contributed by atoms with van der Waals surface area (Å²) in [6.07, 6.45) is 0. The Morgan fingerprint density at radius 1 is 1.13 bits per heavy atom. The fraction of sp³-hybridized carbons (Fsp3) is 0.278. The first-order valence-electron chi connectivity index (χ1n) is 7.48. The molecule has 1 heterocycles. The van der Waals surface area contributed by atoms with Gasteiger partial charge in [-0.25, -0.2) is 0 Å². The predicted octanol–water partition coefficient (Wildman–Crippen LogP) is 4.29. The molecule has 2 aromatic rings. The fourth-order valence-electron chi connectivity index (χ4n) is 3.22. The second-order valence-corrected chi connectivity index (χ2v) is 6.74. The van der Waals surface area contributed by atoms with E-state index in [1.165, 1.54) is 5.56 Å². The van der Waals surface area contributed by atoms with Crippen LogP contribution in [0.3, 0.4) is 0 Å². The van der Waals surface area contributed by atoms with Gasteiger partial charge in [0.05, 0.1) is 5.92 Å². The van der Waals surface area contributed by atoms with Crippen molar-refractivity contribution in [3.63, 3.8) is 0 Å². The van der Waals surface area contributed by atoms with Gasteiger partial charge in [0.2, 0.25) is 0 Å². The molecular weight excluding hydrogens is 333 g/mol. The first kappa shape index (κ1) is 16.3. The van der Waals surface area contributed by atoms with E-state index in [-0.39, 0.29) is 5.92 Å². The Balaban J connectivity index is 1.83. The monoisotopic (exact) mass is 349 g/mol. The molecule has 23 heavy (non-hydrogen) atoms. The number of aliphatic carboxylic acids is 1. The number of carboxylic acid groups (broad SMARTS) is 1. The van der Waals surface area contributed by atoms with Crippen molar-refractivity contribution in [2.45, 2.75) is 12.5 Å². The van der Waals surface area contributed by atoms with Gasteiger partial charge in [-0.2, -0.15) is 0 Å². The number of nitrogens with zero attached hydrogens (tertiary/aromatic N) is 1. The maximum atomic E-state index is 11.7. The average molecular weight is 350 g/mol. The van der Waals surface area contributed by atoms with Crippen molar-refractivity contribution in [1.82, 2.24) is 4.90 Å². The SMILES string of the molecule is O=C(O)[C@@H]1CN(Cc2ccccc2)C[C@@H]1c1ccc(Cl)cc1Cl. The molecule has 1 fully saturated rings. The molecular formula is C18H17Cl2NO2. The van der Waals surface area contributed by atoms with Crippen LogP contribution in [-0.2, 0) is 11.3 Å². The molecule has 0 amide bonds. The molecule has 0 unspecified atom stereocenters. The Bertz CT molecular complexity index is 705. The lowest BCUT2D eigenvalue weighted by Gasteiger charge is -2.17. The highest BCUT2D eigenvalue weighted by atomic mass is 35.5. The van der Waals surface area contributed by atoms with Gasteiger partial charge in [-0.15, -0.1) is 0 Å². The van der Waals surface area contributed by atoms with Crippen LogP contribution in [0.2, 0.25) is 10.0 Å². The number of carbonyl (C=O) groups is 1. The molecule has 1 saturated heterocycles. The predicted molar refractivity (Wildman–Crippen MR) is 92.0 cm³/mol. The lowest BCUT2D eigenvalue weighted by molar-refractivity contribution is -0.141. The average Bonchev–Trinajstić information content (AvgIpc) is 2.92. The van der Waals surface area contributed by atoms with Gasteiger partial charge in [-0.1, -0.05) is 59.6 Å². The number of benzene rings is 2. The van der Waals surface area contributed by atoms with Crippen LogP contribution in [0, 0.1) is 5.92 Å². The van der Waals surface area contributed by atoms with Gasteiger partial charge >= 0.3 is 5.97 Å². The van der Waals surface area contributed by atoms with Gasteiger partial charge in [0.1, 0.15) is 0 Å². The van der Waals surface area contributed by atoms with E-state index in [9.17, 15) is 9.90 Å². The Labute approximate surface area is 145 Å². The number of hydrogen-bond acceptors (Lipinski definition) is 2. The summed E-state index contributed by atoms with van der Waals surface area (Å²) in [5.41, 5.74) is 2.04. The molecule has 3 rings (SSSR count). The lowest BCUT2D eigenvalue weighted by atomic mass is 9.89. The topological polar surface area (TPSA) is 40.5 Å². The molecule has 0 radical (unpaired) electrons. The Morgan fingerprint density at radius 3 is 2.52 bits per heavy atom. The second kappa shape index (κ2) is 6.91. The summed E-state index contributed by atoms with van der Waals surface area (Å²) in [5.74, 6) is -1.37. The summed E-state index contributed by atoms with van der Waals surface area (Å²) >= 11 is 12.2. The Hall–Kier alpha value is -1.55. The molecule has 2 aromatic carbocycles. The molecule has 2 atom stereocenters. The molecule has 5 heteroatoms. The van der Waals surface area contributed by atoms with Crippen LogP contribution in [0.15, 0.2) is 48.5 Å². The van der Waals surface area contributed by atoms with E-state index < -0.39 is 11.9 Å². The zero-order valence-corrected chi connectivity index (χ0v) is 14.0. The maximum Gasteiger partial charge on any atom is 0.308 e. The highest BCUT2D eigenvalue weighted by Gasteiger charge is 2.39. The molecule has 120 valence electrons. The lowest BCUT2D eigenvalue weighted by Crippen LogP contribution is -2.23. The zero-order chi connectivity index (χ0) is 16.4. The summed E-state index contributed by atoms with van der Waals surface area (Å²) < 4.78 is 0. The molecule has 1 aliphatic heterocycles. The molecule has 3 nitrogen and oxygen atoms in total. The van der Waals surface area contributed by atoms with Crippen LogP contribution < -0.4 is 0 Å². The van der Waals surface area contributed by atoms with Crippen molar-refractivity contribution < 1.29 is 9.90 Å². The third kappa shape index (κ3) is 3.69. The summed E-state index contributed by atoms with van der Waals surface area (Å²) in [5, 5.41) is 10.7. The zero-order valence-electron chi connectivity index (χ0n) is 12.5. The number of rotatable bonds is 4. The quantitative estimate of drug-likeness (QED) is 0.894. The smallest absolute Gasteiger partial charge is 0.308 e. The van der Waals surface area contributed by atoms with E-state index in [4.69, 9.17) is 23.2 Å². The molecule has 0 spiro atoms. The van der Waals surface area contributed by atoms with Crippen LogP contribution in [0.4, 0.5) is 0 Å². The summed E-state index contributed by atoms with van der Waals surface area (Å²) in [4.78, 5) is 13.8. The van der Waals surface area contributed by atoms with Crippen LogP contribution >= 0.6 is 23.2 Å². The van der Waals surface area contributed by atoms with Crippen molar-refractivity contribution in [1.29, 1.82) is 0 Å². The largest absolute Gasteiger partial charge is 0.481 e. The maximum absolute atomic E-state index is 11.7. The third-order valence-electron chi connectivity index (χ3n) is 4.32. The van der Waals surface area contributed by atoms with Gasteiger partial charge in [0, 0.05) is 35.6 Å². The van der Waals surface area contributed by atoms with Gasteiger partial charge in [0.25, 0.3) is 0 Å². The highest BCUT2D eigenvalue weighted by Crippen LogP contribution is 2.38. The van der Waals surface area contributed by atoms with Crippen LogP contribution in [-0.4, -0.2) is 29.1 Å². The van der Waals surface area contributed by atoms with Gasteiger partial charge < -0.3 is 5.11 Å². The minimum absolute atomic E-state index is 0.124. The van der Waals surface area contributed by atoms with Crippen molar-refractivity contribution in [3.05, 3.63) is 69.7 Å². The Kier molecular flexibility index (Phi) is 4.90. The molecule has 0 aliphatic carbocycles. The first-order chi connectivity index (χ1) is 11.0. The molecule has 0 aromatic heterocycles. The summed E-state index contributed by atoms with van der Waals surface area (Å²) in [6, 6.07) is 15.4. The Morgan fingerprint density at radius 2 is 1.87 bits per heavy atom. The number of hydrogen-bond donors (Lipinski definition) is 1. The minimum atomic E-state index is -0.781. The van der Waals surface area contributed by atoms with E-state index in [2.05, 4.69) is 17.0 Å². The highest BCUT2D eigenvalue weighted by molar-refractivity contribution is 6.35. The van der Waals surface area contributed by atoms with Gasteiger partial charge in [-0.05, 0) is 23.3 Å². The van der Waals surface area contributed by atoms with Crippen molar-refractivity contribution in [3.8, 4) is 0 Å². The van der Waals surface area contributed by atoms with Crippen LogP contribution in [0.25, 0.3) is 0 Å². The number of carboxylic acids is 1. The van der Waals surface area contributed by atoms with E-state index in [0.29, 0.717) is 23.1 Å². The summed E-state index contributed by atoms with van der Waals surface area (Å²) in [7, 11) is 0. The number of halogens is 2. The molecule has 0 saturated carbocycles. The fourth-order valence-corrected chi connectivity index (χ4v) is 3.77. The molecule has 0 bridgehead atoms. The van der Waals surface area contributed by atoms with E-state index in [1.807, 2.05) is 24.3 Å². The van der Waals surface area contributed by atoms with Crippen LogP contribution in [0.5, 0.6) is 0 Å². The first-order valence-corrected chi connectivity index (χ1v) is 8.24. The van der Waals surface area contributed by atoms with E-state index in [0.717, 1.165) is 12.1 Å². The third-order valence-corrected chi connectivity index (χ3v) is 4.89. The minimum Gasteiger partial charge on any atom is -0.481 e. The normalized spacial score (nSPS) is 21.5. The van der Waals surface area contributed by atoms with Crippen molar-refractivity contribution >= 4 is 29.2 Å². The van der Waals surface area contributed by atoms with E-state index in [1.54, 1.807) is 12.1 Å². The van der Waals surface area contributed by atoms with Crippen molar-refractivity contribution in [2.75, 3.05) is 13.1 Å². The summed E-state index contributed by atoms with van der Waals surface area (Å²) in [6.45, 7) is 1.94. The molecule has 1 N–H and O–H groups in total.